The summed E-state index contributed by atoms with van der Waals surface area (Å²) < 4.78 is 0. The second-order valence-electron chi connectivity index (χ2n) is 4.70. The number of nitrogens with two attached hydrogens (primary N) is 1. The Morgan fingerprint density at radius 1 is 1.41 bits per heavy atom. The van der Waals surface area contributed by atoms with Crippen LogP contribution in [0.1, 0.15) is 31.0 Å². The molecule has 1 rings (SSSR count). The van der Waals surface area contributed by atoms with Crippen LogP contribution in [0.15, 0.2) is 12.3 Å². The Hall–Kier alpha value is -0.740. The van der Waals surface area contributed by atoms with Crippen LogP contribution in [0.4, 0.5) is 5.82 Å². The molecule has 1 aromatic heterocycles. The van der Waals surface area contributed by atoms with Gasteiger partial charge in [0.15, 0.2) is 0 Å². The largest absolute Gasteiger partial charge is 0.383 e. The Balaban J connectivity index is 2.72. The molecule has 0 saturated heterocycles. The highest BCUT2D eigenvalue weighted by Gasteiger charge is 2.15. The highest BCUT2D eigenvalue weighted by molar-refractivity contribution is 7.99. The molecule has 0 fully saturated rings. The van der Waals surface area contributed by atoms with Gasteiger partial charge in [0.25, 0.3) is 0 Å². The van der Waals surface area contributed by atoms with Gasteiger partial charge in [0.1, 0.15) is 5.82 Å². The molecule has 0 aliphatic carbocycles. The van der Waals surface area contributed by atoms with Crippen LogP contribution < -0.4 is 11.1 Å². The van der Waals surface area contributed by atoms with Gasteiger partial charge < -0.3 is 11.1 Å². The summed E-state index contributed by atoms with van der Waals surface area (Å²) in [6.45, 7) is 6.57. The van der Waals surface area contributed by atoms with Crippen molar-refractivity contribution >= 4 is 17.6 Å². The van der Waals surface area contributed by atoms with Crippen LogP contribution in [0.25, 0.3) is 0 Å². The zero-order valence-corrected chi connectivity index (χ0v) is 12.0. The van der Waals surface area contributed by atoms with Crippen molar-refractivity contribution in [3.8, 4) is 0 Å². The van der Waals surface area contributed by atoms with Crippen LogP contribution in [0.2, 0.25) is 0 Å². The minimum absolute atomic E-state index is 0.285. The van der Waals surface area contributed by atoms with Crippen molar-refractivity contribution in [1.29, 1.82) is 0 Å². The van der Waals surface area contributed by atoms with E-state index in [2.05, 4.69) is 31.1 Å². The Morgan fingerprint density at radius 3 is 2.65 bits per heavy atom. The SMILES string of the molecule is CNC(CSCC(C)C)c1c(C)ccnc1N. The van der Waals surface area contributed by atoms with E-state index in [1.54, 1.807) is 6.20 Å². The second kappa shape index (κ2) is 6.87. The van der Waals surface area contributed by atoms with Gasteiger partial charge in [0.05, 0.1) is 0 Å². The Bertz CT molecular complexity index is 332. The summed E-state index contributed by atoms with van der Waals surface area (Å²) in [4.78, 5) is 4.18. The van der Waals surface area contributed by atoms with Crippen molar-refractivity contribution in [2.45, 2.75) is 26.8 Å². The molecule has 1 atom stereocenters. The number of anilines is 1. The summed E-state index contributed by atoms with van der Waals surface area (Å²) in [6, 6.07) is 2.30. The van der Waals surface area contributed by atoms with Crippen molar-refractivity contribution in [2.24, 2.45) is 5.92 Å². The van der Waals surface area contributed by atoms with E-state index in [4.69, 9.17) is 5.73 Å². The summed E-state index contributed by atoms with van der Waals surface area (Å²) in [6.07, 6.45) is 1.77. The van der Waals surface area contributed by atoms with Gasteiger partial charge in [-0.1, -0.05) is 13.8 Å². The number of aryl methyl sites for hydroxylation is 1. The van der Waals surface area contributed by atoms with E-state index < -0.39 is 0 Å². The first kappa shape index (κ1) is 14.3. The molecule has 0 radical (unpaired) electrons. The zero-order chi connectivity index (χ0) is 12.8. The smallest absolute Gasteiger partial charge is 0.128 e. The fourth-order valence-electron chi connectivity index (χ4n) is 1.78. The number of rotatable bonds is 6. The summed E-state index contributed by atoms with van der Waals surface area (Å²) >= 11 is 1.96. The van der Waals surface area contributed by atoms with Gasteiger partial charge in [0.2, 0.25) is 0 Å². The molecule has 1 heterocycles. The molecule has 96 valence electrons. The van der Waals surface area contributed by atoms with Gasteiger partial charge >= 0.3 is 0 Å². The Kier molecular flexibility index (Phi) is 5.78. The lowest BCUT2D eigenvalue weighted by molar-refractivity contribution is 0.655. The third-order valence-corrected chi connectivity index (χ3v) is 4.14. The topological polar surface area (TPSA) is 50.9 Å². The maximum Gasteiger partial charge on any atom is 0.128 e. The molecular formula is C13H23N3S. The van der Waals surface area contributed by atoms with E-state index in [1.165, 1.54) is 11.3 Å². The normalized spacial score (nSPS) is 13.0. The first-order valence-electron chi connectivity index (χ1n) is 6.02. The van der Waals surface area contributed by atoms with E-state index in [-0.39, 0.29) is 6.04 Å². The number of hydrogen-bond acceptors (Lipinski definition) is 4. The van der Waals surface area contributed by atoms with Gasteiger partial charge in [0, 0.05) is 23.6 Å². The van der Waals surface area contributed by atoms with Crippen molar-refractivity contribution in [1.82, 2.24) is 10.3 Å². The minimum atomic E-state index is 0.285. The van der Waals surface area contributed by atoms with Crippen molar-refractivity contribution < 1.29 is 0 Å². The number of pyridine rings is 1. The molecule has 0 bridgehead atoms. The zero-order valence-electron chi connectivity index (χ0n) is 11.2. The van der Waals surface area contributed by atoms with Gasteiger partial charge in [-0.25, -0.2) is 4.98 Å². The number of nitrogens with zero attached hydrogens (tertiary/aromatic N) is 1. The van der Waals surface area contributed by atoms with Crippen LogP contribution in [0, 0.1) is 12.8 Å². The highest BCUT2D eigenvalue weighted by Crippen LogP contribution is 2.25. The van der Waals surface area contributed by atoms with E-state index >= 15 is 0 Å². The summed E-state index contributed by atoms with van der Waals surface area (Å²) in [5, 5.41) is 3.33. The monoisotopic (exact) mass is 253 g/mol. The predicted molar refractivity (Wildman–Crippen MR) is 77.4 cm³/mol. The van der Waals surface area contributed by atoms with Gasteiger partial charge in [-0.2, -0.15) is 11.8 Å². The lowest BCUT2D eigenvalue weighted by Crippen LogP contribution is -2.22. The summed E-state index contributed by atoms with van der Waals surface area (Å²) in [5.41, 5.74) is 8.32. The van der Waals surface area contributed by atoms with Crippen molar-refractivity contribution in [3.63, 3.8) is 0 Å². The van der Waals surface area contributed by atoms with Gasteiger partial charge in [-0.15, -0.1) is 0 Å². The Labute approximate surface area is 109 Å². The molecule has 4 heteroatoms. The third kappa shape index (κ3) is 4.21. The van der Waals surface area contributed by atoms with E-state index in [9.17, 15) is 0 Å². The molecule has 0 saturated carbocycles. The van der Waals surface area contributed by atoms with Crippen molar-refractivity contribution in [2.75, 3.05) is 24.3 Å². The van der Waals surface area contributed by atoms with Gasteiger partial charge in [-0.05, 0) is 37.3 Å². The molecule has 3 nitrogen and oxygen atoms in total. The molecule has 1 unspecified atom stereocenters. The lowest BCUT2D eigenvalue weighted by atomic mass is 10.0. The minimum Gasteiger partial charge on any atom is -0.383 e. The first-order chi connectivity index (χ1) is 8.06. The fraction of sp³-hybridized carbons (Fsp3) is 0.615. The molecule has 0 spiro atoms. The fourth-order valence-corrected chi connectivity index (χ4v) is 2.95. The van der Waals surface area contributed by atoms with Crippen LogP contribution in [-0.4, -0.2) is 23.5 Å². The average Bonchev–Trinajstić information content (AvgIpc) is 2.26. The molecule has 0 aliphatic heterocycles. The Morgan fingerprint density at radius 2 is 2.12 bits per heavy atom. The average molecular weight is 253 g/mol. The number of nitrogens with one attached hydrogen (secondary N) is 1. The van der Waals surface area contributed by atoms with Crippen LogP contribution in [0.3, 0.4) is 0 Å². The van der Waals surface area contributed by atoms with E-state index in [0.717, 1.165) is 17.2 Å². The maximum absolute atomic E-state index is 5.97. The molecular weight excluding hydrogens is 230 g/mol. The van der Waals surface area contributed by atoms with Crippen molar-refractivity contribution in [3.05, 3.63) is 23.4 Å². The molecule has 3 N–H and O–H groups in total. The summed E-state index contributed by atoms with van der Waals surface area (Å²) in [5.74, 6) is 3.59. The maximum atomic E-state index is 5.97. The molecule has 17 heavy (non-hydrogen) atoms. The van der Waals surface area contributed by atoms with Crippen LogP contribution in [0.5, 0.6) is 0 Å². The molecule has 1 aromatic rings. The number of aromatic nitrogens is 1. The van der Waals surface area contributed by atoms with Crippen LogP contribution >= 0.6 is 11.8 Å². The highest BCUT2D eigenvalue weighted by atomic mass is 32.2. The number of thioether (sulfide) groups is 1. The number of nitrogen functional groups attached to an aromatic ring is 1. The van der Waals surface area contributed by atoms with E-state index in [0.29, 0.717) is 5.82 Å². The summed E-state index contributed by atoms with van der Waals surface area (Å²) in [7, 11) is 1.98. The van der Waals surface area contributed by atoms with Gasteiger partial charge in [-0.3, -0.25) is 0 Å². The molecule has 0 aromatic carbocycles. The van der Waals surface area contributed by atoms with E-state index in [1.807, 2.05) is 24.9 Å². The lowest BCUT2D eigenvalue weighted by Gasteiger charge is -2.20. The third-order valence-electron chi connectivity index (χ3n) is 2.67. The predicted octanol–water partition coefficient (Wildman–Crippen LogP) is 2.62. The second-order valence-corrected chi connectivity index (χ2v) is 5.77. The van der Waals surface area contributed by atoms with Crippen LogP contribution in [-0.2, 0) is 0 Å². The first-order valence-corrected chi connectivity index (χ1v) is 7.17. The standard InChI is InChI=1S/C13H23N3S/c1-9(2)7-17-8-11(15-4)12-10(3)5-6-16-13(12)14/h5-6,9,11,15H,7-8H2,1-4H3,(H2,14,16). The molecule has 0 aliphatic rings. The number of hydrogen-bond donors (Lipinski definition) is 2. The quantitative estimate of drug-likeness (QED) is 0.818. The molecule has 0 amide bonds.